The van der Waals surface area contributed by atoms with E-state index in [4.69, 9.17) is 0 Å². The lowest BCUT2D eigenvalue weighted by Gasteiger charge is -2.43. The minimum atomic E-state index is -4.57. The van der Waals surface area contributed by atoms with Crippen LogP contribution in [0.25, 0.3) is 10.9 Å². The van der Waals surface area contributed by atoms with Crippen LogP contribution in [0.4, 0.5) is 13.2 Å². The number of carbonyl (C=O) groups excluding carboxylic acids is 1. The lowest BCUT2D eigenvalue weighted by Crippen LogP contribution is -2.54. The molecule has 1 amide bonds. The van der Waals surface area contributed by atoms with Gasteiger partial charge in [-0.25, -0.2) is 0 Å². The lowest BCUT2D eigenvalue weighted by atomic mass is 9.85. The third-order valence-corrected chi connectivity index (χ3v) is 6.52. The van der Waals surface area contributed by atoms with Crippen molar-refractivity contribution in [3.8, 4) is 0 Å². The van der Waals surface area contributed by atoms with E-state index in [2.05, 4.69) is 10.1 Å². The number of carbonyl (C=O) groups is 1. The molecule has 3 aromatic rings. The first-order chi connectivity index (χ1) is 14.6. The molecule has 2 bridgehead atoms. The van der Waals surface area contributed by atoms with E-state index >= 15 is 0 Å². The van der Waals surface area contributed by atoms with Gasteiger partial charge < -0.3 is 14.6 Å². The number of hydrogen-bond acceptors (Lipinski definition) is 4. The molecule has 5 heterocycles. The normalized spacial score (nSPS) is 26.0. The average molecular weight is 433 g/mol. The molecule has 5 rings (SSSR count). The molecule has 10 heteroatoms. The zero-order chi connectivity index (χ0) is 22.0. The first kappa shape index (κ1) is 20.0. The van der Waals surface area contributed by atoms with Gasteiger partial charge in [0.25, 0.3) is 5.91 Å². The first-order valence-corrected chi connectivity index (χ1v) is 10.2. The van der Waals surface area contributed by atoms with Crippen LogP contribution in [-0.2, 0) is 19.8 Å². The van der Waals surface area contributed by atoms with E-state index < -0.39 is 23.4 Å². The predicted octanol–water partition coefficient (Wildman–Crippen LogP) is 2.99. The Balaban J connectivity index is 1.37. The van der Waals surface area contributed by atoms with E-state index in [1.54, 1.807) is 17.3 Å². The Bertz CT molecular complexity index is 1140. The summed E-state index contributed by atoms with van der Waals surface area (Å²) < 4.78 is 42.0. The van der Waals surface area contributed by atoms with Gasteiger partial charge in [-0.15, -0.1) is 0 Å². The summed E-state index contributed by atoms with van der Waals surface area (Å²) in [5.74, 6) is -0.503. The van der Waals surface area contributed by atoms with Crippen molar-refractivity contribution in [1.82, 2.24) is 24.2 Å². The largest absolute Gasteiger partial charge is 0.433 e. The number of halogens is 3. The number of fused-ring (bicyclic) bond motifs is 3. The second-order valence-electron chi connectivity index (χ2n) is 8.64. The molecule has 0 aliphatic carbocycles. The Morgan fingerprint density at radius 2 is 1.97 bits per heavy atom. The first-order valence-electron chi connectivity index (χ1n) is 10.2. The zero-order valence-electron chi connectivity index (χ0n) is 16.9. The van der Waals surface area contributed by atoms with E-state index in [1.807, 2.05) is 22.9 Å². The molecule has 3 aromatic heterocycles. The summed E-state index contributed by atoms with van der Waals surface area (Å²) in [6.07, 6.45) is 2.98. The van der Waals surface area contributed by atoms with Crippen molar-refractivity contribution in [3.05, 3.63) is 48.2 Å². The third kappa shape index (κ3) is 3.38. The fourth-order valence-electron chi connectivity index (χ4n) is 5.24. The van der Waals surface area contributed by atoms with Gasteiger partial charge in [-0.3, -0.25) is 14.5 Å². The molecule has 2 saturated heterocycles. The van der Waals surface area contributed by atoms with Gasteiger partial charge in [0.2, 0.25) is 0 Å². The lowest BCUT2D eigenvalue weighted by molar-refractivity contribution is -0.143. The summed E-state index contributed by atoms with van der Waals surface area (Å²) in [5, 5.41) is 16.2. The Morgan fingerprint density at radius 3 is 2.61 bits per heavy atom. The SMILES string of the molecule is Cn1nc(C(=O)N2[C@H]3CC[C@H]2CC(O)(Cn2ccc4ccncc42)C3)cc1C(F)(F)F. The van der Waals surface area contributed by atoms with Crippen LogP contribution in [0.2, 0.25) is 0 Å². The minimum Gasteiger partial charge on any atom is -0.388 e. The number of nitrogens with zero attached hydrogens (tertiary/aromatic N) is 5. The van der Waals surface area contributed by atoms with E-state index in [-0.39, 0.29) is 17.8 Å². The maximum absolute atomic E-state index is 13.1. The molecule has 164 valence electrons. The number of aryl methyl sites for hydroxylation is 1. The van der Waals surface area contributed by atoms with E-state index in [1.165, 1.54) is 7.05 Å². The van der Waals surface area contributed by atoms with Gasteiger partial charge in [-0.05, 0) is 37.8 Å². The summed E-state index contributed by atoms with van der Waals surface area (Å²) in [7, 11) is 1.18. The van der Waals surface area contributed by atoms with Gasteiger partial charge in [0.05, 0.1) is 23.9 Å². The molecular formula is C21H22F3N5O2. The summed E-state index contributed by atoms with van der Waals surface area (Å²) in [6.45, 7) is 0.374. The number of rotatable bonds is 3. The van der Waals surface area contributed by atoms with Gasteiger partial charge in [0, 0.05) is 43.0 Å². The minimum absolute atomic E-state index is 0.209. The number of amides is 1. The number of alkyl halides is 3. The molecule has 7 nitrogen and oxygen atoms in total. The Kier molecular flexibility index (Phi) is 4.40. The monoisotopic (exact) mass is 433 g/mol. The van der Waals surface area contributed by atoms with Crippen LogP contribution in [0, 0.1) is 0 Å². The molecule has 2 atom stereocenters. The van der Waals surface area contributed by atoms with Gasteiger partial charge in [-0.2, -0.15) is 18.3 Å². The van der Waals surface area contributed by atoms with Crippen molar-refractivity contribution < 1.29 is 23.1 Å². The topological polar surface area (TPSA) is 76.2 Å². The van der Waals surface area contributed by atoms with Crippen molar-refractivity contribution in [2.24, 2.45) is 7.05 Å². The smallest absolute Gasteiger partial charge is 0.388 e. The molecular weight excluding hydrogens is 411 g/mol. The summed E-state index contributed by atoms with van der Waals surface area (Å²) in [4.78, 5) is 18.8. The summed E-state index contributed by atoms with van der Waals surface area (Å²) in [5.41, 5.74) is -1.24. The second kappa shape index (κ2) is 6.81. The summed E-state index contributed by atoms with van der Waals surface area (Å²) in [6, 6.07) is 4.22. The van der Waals surface area contributed by atoms with E-state index in [0.717, 1.165) is 17.0 Å². The highest BCUT2D eigenvalue weighted by Crippen LogP contribution is 2.43. The second-order valence-corrected chi connectivity index (χ2v) is 8.64. The predicted molar refractivity (Wildman–Crippen MR) is 105 cm³/mol. The number of aliphatic hydroxyl groups is 1. The van der Waals surface area contributed by atoms with Crippen LogP contribution >= 0.6 is 0 Å². The molecule has 2 aliphatic heterocycles. The van der Waals surface area contributed by atoms with E-state index in [9.17, 15) is 23.1 Å². The zero-order valence-corrected chi connectivity index (χ0v) is 16.9. The van der Waals surface area contributed by atoms with Gasteiger partial charge in [-0.1, -0.05) is 0 Å². The maximum Gasteiger partial charge on any atom is 0.433 e. The van der Waals surface area contributed by atoms with Crippen molar-refractivity contribution >= 4 is 16.8 Å². The highest BCUT2D eigenvalue weighted by molar-refractivity contribution is 5.93. The number of pyridine rings is 1. The third-order valence-electron chi connectivity index (χ3n) is 6.52. The van der Waals surface area contributed by atoms with Crippen LogP contribution in [0.3, 0.4) is 0 Å². The fraction of sp³-hybridized carbons (Fsp3) is 0.476. The van der Waals surface area contributed by atoms with Crippen LogP contribution in [-0.4, -0.2) is 52.9 Å². The molecule has 0 spiro atoms. The van der Waals surface area contributed by atoms with Crippen molar-refractivity contribution in [2.45, 2.75) is 56.1 Å². The number of hydrogen-bond donors (Lipinski definition) is 1. The van der Waals surface area contributed by atoms with Crippen LogP contribution in [0.1, 0.15) is 41.9 Å². The molecule has 0 aromatic carbocycles. The standard InChI is InChI=1S/C21H22F3N5O2/c1-27-18(21(22,23)24)8-16(26-27)19(30)29-14-2-3-15(29)10-20(31,9-14)12-28-7-5-13-4-6-25-11-17(13)28/h4-8,11,14-15,31H,2-3,9-10,12H2,1H3/t14-,15-/m0/s1. The van der Waals surface area contributed by atoms with Gasteiger partial charge >= 0.3 is 6.18 Å². The highest BCUT2D eigenvalue weighted by atomic mass is 19.4. The fourth-order valence-corrected chi connectivity index (χ4v) is 5.24. The van der Waals surface area contributed by atoms with Crippen LogP contribution < -0.4 is 0 Å². The molecule has 0 unspecified atom stereocenters. The van der Waals surface area contributed by atoms with Gasteiger partial charge in [0.1, 0.15) is 5.69 Å². The Morgan fingerprint density at radius 1 is 1.26 bits per heavy atom. The maximum atomic E-state index is 13.1. The van der Waals surface area contributed by atoms with Crippen LogP contribution in [0.15, 0.2) is 36.8 Å². The quantitative estimate of drug-likeness (QED) is 0.689. The van der Waals surface area contributed by atoms with Crippen molar-refractivity contribution in [3.63, 3.8) is 0 Å². The van der Waals surface area contributed by atoms with E-state index in [0.29, 0.717) is 36.9 Å². The average Bonchev–Trinajstić information content (AvgIpc) is 3.36. The molecule has 0 radical (unpaired) electrons. The molecule has 0 saturated carbocycles. The molecule has 2 aliphatic rings. The summed E-state index contributed by atoms with van der Waals surface area (Å²) >= 11 is 0. The number of piperidine rings is 1. The highest BCUT2D eigenvalue weighted by Gasteiger charge is 2.50. The Labute approximate surface area is 176 Å². The van der Waals surface area contributed by atoms with Crippen molar-refractivity contribution in [1.29, 1.82) is 0 Å². The number of aromatic nitrogens is 4. The molecule has 31 heavy (non-hydrogen) atoms. The van der Waals surface area contributed by atoms with Crippen molar-refractivity contribution in [2.75, 3.05) is 0 Å². The Hall–Kier alpha value is -2.88. The van der Waals surface area contributed by atoms with Crippen LogP contribution in [0.5, 0.6) is 0 Å². The molecule has 2 fully saturated rings. The molecule has 1 N–H and O–H groups in total. The van der Waals surface area contributed by atoms with Gasteiger partial charge in [0.15, 0.2) is 5.69 Å².